The van der Waals surface area contributed by atoms with Crippen LogP contribution in [0.4, 0.5) is 5.69 Å². The number of anilines is 1. The Bertz CT molecular complexity index is 422. The summed E-state index contributed by atoms with van der Waals surface area (Å²) < 4.78 is 0. The molecule has 0 atom stereocenters. The molecule has 92 valence electrons. The first-order valence-corrected chi connectivity index (χ1v) is 5.73. The van der Waals surface area contributed by atoms with Gasteiger partial charge in [-0.1, -0.05) is 26.0 Å². The first kappa shape index (κ1) is 13.3. The summed E-state index contributed by atoms with van der Waals surface area (Å²) in [6, 6.07) is 8.18. The van der Waals surface area contributed by atoms with Crippen LogP contribution in [0.1, 0.15) is 32.3 Å². The molecule has 0 aromatic heterocycles. The number of hydrogen-bond donors (Lipinski definition) is 2. The predicted molar refractivity (Wildman–Crippen MR) is 70.4 cm³/mol. The van der Waals surface area contributed by atoms with E-state index in [1.54, 1.807) is 6.92 Å². The van der Waals surface area contributed by atoms with Gasteiger partial charge in [-0.3, -0.25) is 0 Å². The molecule has 1 aromatic carbocycles. The van der Waals surface area contributed by atoms with E-state index in [0.29, 0.717) is 12.5 Å². The molecule has 0 fully saturated rings. The smallest absolute Gasteiger partial charge is 0.328 e. The molecular weight excluding hydrogens is 214 g/mol. The molecule has 3 heteroatoms. The summed E-state index contributed by atoms with van der Waals surface area (Å²) in [7, 11) is 0. The highest BCUT2D eigenvalue weighted by Gasteiger charge is 2.00. The summed E-state index contributed by atoms with van der Waals surface area (Å²) >= 11 is 0. The summed E-state index contributed by atoms with van der Waals surface area (Å²) in [6.45, 7) is 6.64. The average Bonchev–Trinajstić information content (AvgIpc) is 2.26. The summed E-state index contributed by atoms with van der Waals surface area (Å²) in [5.74, 6) is -0.410. The van der Waals surface area contributed by atoms with Crippen molar-refractivity contribution in [3.8, 4) is 0 Å². The third kappa shape index (κ3) is 4.72. The van der Waals surface area contributed by atoms with Gasteiger partial charge in [0.15, 0.2) is 0 Å². The molecule has 0 amide bonds. The average molecular weight is 233 g/mol. The molecule has 17 heavy (non-hydrogen) atoms. The second-order valence-electron chi connectivity index (χ2n) is 4.46. The first-order valence-electron chi connectivity index (χ1n) is 5.73. The topological polar surface area (TPSA) is 49.3 Å². The van der Waals surface area contributed by atoms with Gasteiger partial charge >= 0.3 is 5.97 Å². The molecule has 1 aromatic rings. The maximum Gasteiger partial charge on any atom is 0.328 e. The van der Waals surface area contributed by atoms with E-state index in [-0.39, 0.29) is 0 Å². The van der Waals surface area contributed by atoms with Gasteiger partial charge in [0.1, 0.15) is 0 Å². The Morgan fingerprint density at radius 1 is 1.47 bits per heavy atom. The number of carboxylic acids is 1. The number of nitrogens with one attached hydrogen (secondary N) is 1. The number of rotatable bonds is 5. The van der Waals surface area contributed by atoms with Gasteiger partial charge in [-0.15, -0.1) is 0 Å². The van der Waals surface area contributed by atoms with E-state index in [2.05, 4.69) is 31.3 Å². The zero-order chi connectivity index (χ0) is 12.8. The molecule has 0 heterocycles. The van der Waals surface area contributed by atoms with Crippen LogP contribution in [0.15, 0.2) is 35.9 Å². The molecule has 0 aliphatic rings. The second kappa shape index (κ2) is 6.09. The summed E-state index contributed by atoms with van der Waals surface area (Å²) in [5.41, 5.74) is 3.09. The highest BCUT2D eigenvalue weighted by molar-refractivity contribution is 5.80. The number of benzene rings is 1. The minimum atomic E-state index is -0.903. The summed E-state index contributed by atoms with van der Waals surface area (Å²) in [4.78, 5) is 10.5. The lowest BCUT2D eigenvalue weighted by Crippen LogP contribution is -2.05. The Morgan fingerprint density at radius 2 is 2.18 bits per heavy atom. The van der Waals surface area contributed by atoms with Crippen molar-refractivity contribution in [2.45, 2.75) is 26.7 Å². The van der Waals surface area contributed by atoms with Gasteiger partial charge in [0.05, 0.1) is 0 Å². The van der Waals surface area contributed by atoms with Crippen LogP contribution >= 0.6 is 0 Å². The molecule has 0 bridgehead atoms. The molecule has 0 spiro atoms. The minimum Gasteiger partial charge on any atom is -0.478 e. The lowest BCUT2D eigenvalue weighted by molar-refractivity contribution is -0.131. The maximum atomic E-state index is 10.5. The maximum absolute atomic E-state index is 10.5. The van der Waals surface area contributed by atoms with Crippen LogP contribution in [-0.4, -0.2) is 17.6 Å². The van der Waals surface area contributed by atoms with Gasteiger partial charge < -0.3 is 10.4 Å². The molecule has 0 unspecified atom stereocenters. The van der Waals surface area contributed by atoms with Crippen molar-refractivity contribution in [2.24, 2.45) is 0 Å². The summed E-state index contributed by atoms with van der Waals surface area (Å²) in [6.07, 6.45) is 1.22. The van der Waals surface area contributed by atoms with Crippen LogP contribution in [0.3, 0.4) is 0 Å². The molecule has 0 saturated carbocycles. The highest BCUT2D eigenvalue weighted by Crippen LogP contribution is 2.18. The van der Waals surface area contributed by atoms with Crippen LogP contribution in [0.2, 0.25) is 0 Å². The van der Waals surface area contributed by atoms with Crippen LogP contribution in [0, 0.1) is 0 Å². The molecule has 2 N–H and O–H groups in total. The Hall–Kier alpha value is -1.77. The van der Waals surface area contributed by atoms with E-state index >= 15 is 0 Å². The van der Waals surface area contributed by atoms with Crippen molar-refractivity contribution in [1.29, 1.82) is 0 Å². The van der Waals surface area contributed by atoms with Gasteiger partial charge in [-0.25, -0.2) is 4.79 Å². The molecule has 3 nitrogen and oxygen atoms in total. The Labute approximate surface area is 102 Å². The van der Waals surface area contributed by atoms with E-state index < -0.39 is 5.97 Å². The Morgan fingerprint density at radius 3 is 2.76 bits per heavy atom. The quantitative estimate of drug-likeness (QED) is 0.767. The van der Waals surface area contributed by atoms with E-state index in [1.807, 2.05) is 12.1 Å². The van der Waals surface area contributed by atoms with Crippen LogP contribution < -0.4 is 5.32 Å². The second-order valence-corrected chi connectivity index (χ2v) is 4.46. The standard InChI is InChI=1S/C14H19NO2/c1-10(2)12-5-4-6-13(8-12)15-9-11(3)7-14(16)17/h4-8,10,15H,9H2,1-3H3,(H,16,17)/b11-7+. The molecule has 0 saturated heterocycles. The third-order valence-corrected chi connectivity index (χ3v) is 2.49. The zero-order valence-corrected chi connectivity index (χ0v) is 10.5. The highest BCUT2D eigenvalue weighted by atomic mass is 16.4. The van der Waals surface area contributed by atoms with Crippen molar-refractivity contribution in [3.05, 3.63) is 41.5 Å². The van der Waals surface area contributed by atoms with Crippen molar-refractivity contribution in [1.82, 2.24) is 0 Å². The van der Waals surface area contributed by atoms with Crippen molar-refractivity contribution >= 4 is 11.7 Å². The summed E-state index contributed by atoms with van der Waals surface area (Å²) in [5, 5.41) is 11.8. The third-order valence-electron chi connectivity index (χ3n) is 2.49. The monoisotopic (exact) mass is 233 g/mol. The van der Waals surface area contributed by atoms with Crippen molar-refractivity contribution < 1.29 is 9.90 Å². The van der Waals surface area contributed by atoms with Crippen LogP contribution in [0.25, 0.3) is 0 Å². The van der Waals surface area contributed by atoms with Crippen molar-refractivity contribution in [3.63, 3.8) is 0 Å². The fraction of sp³-hybridized carbons (Fsp3) is 0.357. The van der Waals surface area contributed by atoms with E-state index in [4.69, 9.17) is 5.11 Å². The van der Waals surface area contributed by atoms with Gasteiger partial charge in [-0.05, 0) is 36.1 Å². The molecule has 0 aliphatic carbocycles. The van der Waals surface area contributed by atoms with Crippen LogP contribution in [0.5, 0.6) is 0 Å². The van der Waals surface area contributed by atoms with E-state index in [9.17, 15) is 4.79 Å². The van der Waals surface area contributed by atoms with E-state index in [0.717, 1.165) is 11.3 Å². The molecule has 0 radical (unpaired) electrons. The number of carboxylic acid groups (broad SMARTS) is 1. The van der Waals surface area contributed by atoms with Gasteiger partial charge in [-0.2, -0.15) is 0 Å². The zero-order valence-electron chi connectivity index (χ0n) is 10.5. The number of hydrogen-bond acceptors (Lipinski definition) is 2. The molecular formula is C14H19NO2. The Kier molecular flexibility index (Phi) is 4.76. The molecule has 1 rings (SSSR count). The Balaban J connectivity index is 2.63. The van der Waals surface area contributed by atoms with Gasteiger partial charge in [0.2, 0.25) is 0 Å². The first-order chi connectivity index (χ1) is 7.99. The van der Waals surface area contributed by atoms with Gasteiger partial charge in [0, 0.05) is 18.3 Å². The predicted octanol–water partition coefficient (Wildman–Crippen LogP) is 3.25. The SMILES string of the molecule is C/C(=C\C(=O)O)CNc1cccc(C(C)C)c1. The number of carbonyl (C=O) groups is 1. The lowest BCUT2D eigenvalue weighted by atomic mass is 10.0. The van der Waals surface area contributed by atoms with Gasteiger partial charge in [0.25, 0.3) is 0 Å². The minimum absolute atomic E-state index is 0.493. The fourth-order valence-electron chi connectivity index (χ4n) is 1.51. The molecule has 0 aliphatic heterocycles. The van der Waals surface area contributed by atoms with E-state index in [1.165, 1.54) is 11.6 Å². The fourth-order valence-corrected chi connectivity index (χ4v) is 1.51. The lowest BCUT2D eigenvalue weighted by Gasteiger charge is -2.10. The van der Waals surface area contributed by atoms with Crippen LogP contribution in [-0.2, 0) is 4.79 Å². The normalized spacial score (nSPS) is 11.6. The van der Waals surface area contributed by atoms with Crippen molar-refractivity contribution in [2.75, 3.05) is 11.9 Å². The number of aliphatic carboxylic acids is 1. The largest absolute Gasteiger partial charge is 0.478 e.